The molecule has 0 N–H and O–H groups in total. The Morgan fingerprint density at radius 3 is 2.90 bits per heavy atom. The Hall–Kier alpha value is -0.411. The van der Waals surface area contributed by atoms with Crippen LogP contribution in [0.5, 0.6) is 0 Å². The van der Waals surface area contributed by atoms with Crippen LogP contribution >= 0.6 is 27.7 Å². The summed E-state index contributed by atoms with van der Waals surface area (Å²) < 4.78 is 1.10. The first-order chi connectivity index (χ1) is 9.56. The number of thioether (sulfide) groups is 1. The minimum absolute atomic E-state index is 0. The Morgan fingerprint density at radius 1 is 1.29 bits per heavy atom. The Balaban J connectivity index is 0.00000132. The van der Waals surface area contributed by atoms with Crippen LogP contribution in [0.4, 0.5) is 0 Å². The molecule has 4 rings (SSSR count). The predicted molar refractivity (Wildman–Crippen MR) is 89.5 cm³/mol. The number of benzene rings is 2. The number of pyridine rings is 1. The van der Waals surface area contributed by atoms with Gasteiger partial charge in [0, 0.05) is 31.3 Å². The second-order valence-electron chi connectivity index (χ2n) is 5.90. The summed E-state index contributed by atoms with van der Waals surface area (Å²) in [7, 11) is 0. The quantitative estimate of drug-likeness (QED) is 0.285. The zero-order chi connectivity index (χ0) is 13.9. The van der Waals surface area contributed by atoms with Gasteiger partial charge in [0.15, 0.2) is 0 Å². The molecule has 0 saturated heterocycles. The van der Waals surface area contributed by atoms with E-state index in [0.29, 0.717) is 0 Å². The molecule has 109 valence electrons. The zero-order valence-electron chi connectivity index (χ0n) is 11.7. The van der Waals surface area contributed by atoms with Gasteiger partial charge in [0.05, 0.1) is 5.03 Å². The van der Waals surface area contributed by atoms with Crippen molar-refractivity contribution in [1.82, 2.24) is 4.98 Å². The van der Waals surface area contributed by atoms with E-state index in [1.54, 1.807) is 0 Å². The van der Waals surface area contributed by atoms with Crippen molar-refractivity contribution in [2.75, 3.05) is 5.75 Å². The van der Waals surface area contributed by atoms with Gasteiger partial charge in [-0.05, 0) is 16.5 Å². The molecular formula is C17H13BrIrNS-. The maximum absolute atomic E-state index is 4.93. The van der Waals surface area contributed by atoms with Crippen molar-refractivity contribution in [3.63, 3.8) is 0 Å². The van der Waals surface area contributed by atoms with Crippen LogP contribution in [0.15, 0.2) is 39.8 Å². The van der Waals surface area contributed by atoms with E-state index in [9.17, 15) is 0 Å². The molecule has 0 atom stereocenters. The summed E-state index contributed by atoms with van der Waals surface area (Å²) in [6.07, 6.45) is 0. The summed E-state index contributed by atoms with van der Waals surface area (Å²) in [5.41, 5.74) is 2.66. The molecule has 21 heavy (non-hydrogen) atoms. The van der Waals surface area contributed by atoms with Crippen LogP contribution in [0.2, 0.25) is 0 Å². The minimum atomic E-state index is 0. The van der Waals surface area contributed by atoms with Gasteiger partial charge in [0.25, 0.3) is 0 Å². The van der Waals surface area contributed by atoms with Crippen molar-refractivity contribution in [3.8, 4) is 0 Å². The van der Waals surface area contributed by atoms with Gasteiger partial charge in [0.1, 0.15) is 0 Å². The van der Waals surface area contributed by atoms with Crippen LogP contribution in [-0.2, 0) is 25.5 Å². The first kappa shape index (κ1) is 15.5. The van der Waals surface area contributed by atoms with Crippen LogP contribution in [0.1, 0.15) is 19.4 Å². The van der Waals surface area contributed by atoms with Gasteiger partial charge in [-0.2, -0.15) is 0 Å². The molecule has 1 aromatic heterocycles. The predicted octanol–water partition coefficient (Wildman–Crippen LogP) is 5.33. The fraction of sp³-hybridized carbons (Fsp3) is 0.235. The van der Waals surface area contributed by atoms with E-state index in [4.69, 9.17) is 4.98 Å². The Bertz CT molecular complexity index is 860. The molecule has 0 unspecified atom stereocenters. The van der Waals surface area contributed by atoms with Crippen LogP contribution in [0.3, 0.4) is 0 Å². The number of hydrogen-bond donors (Lipinski definition) is 0. The van der Waals surface area contributed by atoms with Crippen LogP contribution in [-0.4, -0.2) is 10.7 Å². The van der Waals surface area contributed by atoms with E-state index in [-0.39, 0.29) is 25.5 Å². The molecule has 0 aliphatic carbocycles. The summed E-state index contributed by atoms with van der Waals surface area (Å²) in [6.45, 7) is 4.59. The summed E-state index contributed by atoms with van der Waals surface area (Å²) in [6, 6.07) is 14.0. The smallest absolute Gasteiger partial charge is 0.0893 e. The number of fused-ring (bicyclic) bond motifs is 4. The molecule has 0 bridgehead atoms. The average Bonchev–Trinajstić information content (AvgIpc) is 2.73. The van der Waals surface area contributed by atoms with Crippen molar-refractivity contribution in [1.29, 1.82) is 0 Å². The maximum atomic E-state index is 4.93. The zero-order valence-corrected chi connectivity index (χ0v) is 16.5. The van der Waals surface area contributed by atoms with E-state index < -0.39 is 0 Å². The molecule has 1 aliphatic heterocycles. The third kappa shape index (κ3) is 2.37. The number of nitrogens with zero attached hydrogens (tertiary/aromatic N) is 1. The van der Waals surface area contributed by atoms with Crippen LogP contribution in [0.25, 0.3) is 21.7 Å². The Morgan fingerprint density at radius 2 is 2.10 bits per heavy atom. The van der Waals surface area contributed by atoms with Crippen molar-refractivity contribution in [2.24, 2.45) is 0 Å². The molecule has 4 heteroatoms. The Kier molecular flexibility index (Phi) is 3.94. The SMILES string of the molecule is CC1(C)CSc2nc3c(ccc4c(Br)cc[c-]c43)cc21.[Ir]. The second kappa shape index (κ2) is 5.34. The fourth-order valence-corrected chi connectivity index (χ4v) is 4.54. The van der Waals surface area contributed by atoms with E-state index in [2.05, 4.69) is 54.0 Å². The molecular weight excluding hydrogens is 522 g/mol. The molecule has 1 nitrogen and oxygen atoms in total. The first-order valence-electron chi connectivity index (χ1n) is 6.63. The fourth-order valence-electron chi connectivity index (χ4n) is 2.78. The van der Waals surface area contributed by atoms with Gasteiger partial charge in [-0.15, -0.1) is 35.3 Å². The summed E-state index contributed by atoms with van der Waals surface area (Å²) >= 11 is 5.48. The van der Waals surface area contributed by atoms with E-state index in [1.165, 1.54) is 21.4 Å². The molecule has 2 aromatic carbocycles. The minimum Gasteiger partial charge on any atom is -0.289 e. The standard InChI is InChI=1S/C17H13BrNS.Ir/c1-17(2)9-20-16-13(17)8-10-6-7-11-12(15(10)19-16)4-3-5-14(11)18;/h3,5-8H,9H2,1-2H3;/q-1;. The number of rotatable bonds is 0. The molecule has 1 aliphatic rings. The van der Waals surface area contributed by atoms with Crippen LogP contribution < -0.4 is 0 Å². The largest absolute Gasteiger partial charge is 0.289 e. The maximum Gasteiger partial charge on any atom is 0.0893 e. The normalized spacial score (nSPS) is 16.0. The van der Waals surface area contributed by atoms with Gasteiger partial charge < -0.3 is 0 Å². The molecule has 2 heterocycles. The number of halogens is 1. The van der Waals surface area contributed by atoms with Crippen molar-refractivity contribution < 1.29 is 20.1 Å². The average molecular weight is 535 g/mol. The third-order valence-electron chi connectivity index (χ3n) is 3.97. The van der Waals surface area contributed by atoms with E-state index in [0.717, 1.165) is 21.1 Å². The van der Waals surface area contributed by atoms with E-state index >= 15 is 0 Å². The second-order valence-corrected chi connectivity index (χ2v) is 7.72. The molecule has 1 radical (unpaired) electrons. The molecule has 0 saturated carbocycles. The molecule has 0 amide bonds. The Labute approximate surface area is 150 Å². The summed E-state index contributed by atoms with van der Waals surface area (Å²) in [4.78, 5) is 4.93. The van der Waals surface area contributed by atoms with Crippen molar-refractivity contribution in [2.45, 2.75) is 24.3 Å². The van der Waals surface area contributed by atoms with Crippen molar-refractivity contribution >= 4 is 49.4 Å². The summed E-state index contributed by atoms with van der Waals surface area (Å²) in [5.74, 6) is 1.11. The third-order valence-corrected chi connectivity index (χ3v) is 6.11. The van der Waals surface area contributed by atoms with E-state index in [1.807, 2.05) is 23.9 Å². The van der Waals surface area contributed by atoms with Gasteiger partial charge >= 0.3 is 0 Å². The monoisotopic (exact) mass is 535 g/mol. The van der Waals surface area contributed by atoms with Crippen molar-refractivity contribution in [3.05, 3.63) is 46.4 Å². The topological polar surface area (TPSA) is 12.9 Å². The molecule has 3 aromatic rings. The molecule has 0 fully saturated rings. The van der Waals surface area contributed by atoms with Gasteiger partial charge in [-0.1, -0.05) is 57.8 Å². The van der Waals surface area contributed by atoms with Gasteiger partial charge in [-0.25, -0.2) is 0 Å². The number of hydrogen-bond acceptors (Lipinski definition) is 2. The van der Waals surface area contributed by atoms with Crippen LogP contribution in [0, 0.1) is 6.07 Å². The van der Waals surface area contributed by atoms with Gasteiger partial charge in [0.2, 0.25) is 0 Å². The molecule has 0 spiro atoms. The van der Waals surface area contributed by atoms with Gasteiger partial charge in [-0.3, -0.25) is 4.98 Å². The number of aromatic nitrogens is 1. The first-order valence-corrected chi connectivity index (χ1v) is 8.41. The summed E-state index contributed by atoms with van der Waals surface area (Å²) in [5, 5.41) is 4.67.